The number of thioether (sulfide) groups is 1. The molecule has 0 bridgehead atoms. The van der Waals surface area contributed by atoms with Crippen molar-refractivity contribution in [3.63, 3.8) is 0 Å². The van der Waals surface area contributed by atoms with Crippen molar-refractivity contribution < 1.29 is 4.79 Å². The van der Waals surface area contributed by atoms with Crippen LogP contribution < -0.4 is 4.90 Å². The third kappa shape index (κ3) is 4.61. The maximum absolute atomic E-state index is 13.3. The summed E-state index contributed by atoms with van der Waals surface area (Å²) in [5, 5.41) is 4.75. The number of aliphatic imine (C=N–C) groups is 1. The molecular weight excluding hydrogens is 406 g/mol. The molecule has 1 amide bonds. The molecule has 0 aliphatic carbocycles. The summed E-state index contributed by atoms with van der Waals surface area (Å²) in [6.07, 6.45) is 3.38. The standard InChI is InChI=1S/C24H25N5OS/c1-16(2)19-9-7-18(8-10-19)13-21-23(30)29(20-11-5-17(3)6-12-20)24(27-21)31-14-22-25-15-26-28(22)4/h5-13,15-16H,14H2,1-4H3/b21-13-. The molecule has 0 unspecified atom stereocenters. The highest BCUT2D eigenvalue weighted by Gasteiger charge is 2.32. The molecule has 1 aliphatic rings. The van der Waals surface area contributed by atoms with Crippen molar-refractivity contribution in [3.8, 4) is 0 Å². The number of rotatable bonds is 5. The van der Waals surface area contributed by atoms with Crippen LogP contribution >= 0.6 is 11.8 Å². The molecule has 0 N–H and O–H groups in total. The van der Waals surface area contributed by atoms with Crippen LogP contribution in [-0.4, -0.2) is 25.8 Å². The molecule has 0 spiro atoms. The summed E-state index contributed by atoms with van der Waals surface area (Å²) < 4.78 is 1.73. The third-order valence-electron chi connectivity index (χ3n) is 5.16. The number of amides is 1. The van der Waals surface area contributed by atoms with Gasteiger partial charge in [-0.25, -0.2) is 9.98 Å². The van der Waals surface area contributed by atoms with Crippen LogP contribution in [0.3, 0.4) is 0 Å². The molecule has 158 valence electrons. The van der Waals surface area contributed by atoms with Gasteiger partial charge in [0.2, 0.25) is 0 Å². The van der Waals surface area contributed by atoms with E-state index in [-0.39, 0.29) is 5.91 Å². The van der Waals surface area contributed by atoms with Gasteiger partial charge in [0.15, 0.2) is 5.17 Å². The predicted molar refractivity (Wildman–Crippen MR) is 127 cm³/mol. The summed E-state index contributed by atoms with van der Waals surface area (Å²) in [5.74, 6) is 1.73. The first-order chi connectivity index (χ1) is 14.9. The summed E-state index contributed by atoms with van der Waals surface area (Å²) in [5.41, 5.74) is 4.60. The van der Waals surface area contributed by atoms with Gasteiger partial charge in [-0.15, -0.1) is 0 Å². The van der Waals surface area contributed by atoms with Crippen LogP contribution in [0.2, 0.25) is 0 Å². The largest absolute Gasteiger partial charge is 0.283 e. The van der Waals surface area contributed by atoms with Crippen LogP contribution in [0, 0.1) is 6.92 Å². The van der Waals surface area contributed by atoms with Crippen molar-refractivity contribution in [1.29, 1.82) is 0 Å². The fourth-order valence-corrected chi connectivity index (χ4v) is 4.23. The fourth-order valence-electron chi connectivity index (χ4n) is 3.23. The van der Waals surface area contributed by atoms with Crippen molar-refractivity contribution >= 4 is 34.6 Å². The van der Waals surface area contributed by atoms with Crippen LogP contribution in [0.1, 0.15) is 42.3 Å². The van der Waals surface area contributed by atoms with Crippen molar-refractivity contribution in [1.82, 2.24) is 14.8 Å². The monoisotopic (exact) mass is 431 g/mol. The van der Waals surface area contributed by atoms with E-state index in [4.69, 9.17) is 4.99 Å². The summed E-state index contributed by atoms with van der Waals surface area (Å²) >= 11 is 1.48. The molecule has 1 aliphatic heterocycles. The van der Waals surface area contributed by atoms with Gasteiger partial charge < -0.3 is 0 Å². The average molecular weight is 432 g/mol. The second-order valence-electron chi connectivity index (χ2n) is 7.81. The number of carbonyl (C=O) groups is 1. The number of nitrogens with zero attached hydrogens (tertiary/aromatic N) is 5. The molecule has 0 saturated carbocycles. The molecule has 0 saturated heterocycles. The van der Waals surface area contributed by atoms with E-state index in [0.29, 0.717) is 22.5 Å². The highest BCUT2D eigenvalue weighted by molar-refractivity contribution is 8.13. The molecule has 6 nitrogen and oxygen atoms in total. The number of hydrogen-bond donors (Lipinski definition) is 0. The number of aryl methyl sites for hydroxylation is 2. The Morgan fingerprint density at radius 1 is 1.06 bits per heavy atom. The SMILES string of the molecule is Cc1ccc(N2C(=O)/C(=C/c3ccc(C(C)C)cc3)N=C2SCc2ncnn2C)cc1. The van der Waals surface area contributed by atoms with Crippen molar-refractivity contribution in [2.75, 3.05) is 4.90 Å². The van der Waals surface area contributed by atoms with Gasteiger partial charge in [0.1, 0.15) is 17.8 Å². The van der Waals surface area contributed by atoms with E-state index in [1.54, 1.807) is 9.58 Å². The Labute approximate surface area is 186 Å². The van der Waals surface area contributed by atoms with E-state index >= 15 is 0 Å². The lowest BCUT2D eigenvalue weighted by Crippen LogP contribution is -2.30. The first kappa shape index (κ1) is 21.1. The maximum atomic E-state index is 13.3. The maximum Gasteiger partial charge on any atom is 0.283 e. The highest BCUT2D eigenvalue weighted by atomic mass is 32.2. The Bertz CT molecular complexity index is 1140. The molecule has 7 heteroatoms. The van der Waals surface area contributed by atoms with Crippen molar-refractivity contribution in [3.05, 3.63) is 83.1 Å². The Balaban J connectivity index is 1.65. The van der Waals surface area contributed by atoms with Crippen LogP contribution in [0.5, 0.6) is 0 Å². The van der Waals surface area contributed by atoms with Gasteiger partial charge in [-0.1, -0.05) is 67.6 Å². The number of hydrogen-bond acceptors (Lipinski definition) is 5. The number of amidine groups is 1. The Kier molecular flexibility index (Phi) is 6.04. The van der Waals surface area contributed by atoms with Gasteiger partial charge in [-0.2, -0.15) is 5.10 Å². The second-order valence-corrected chi connectivity index (χ2v) is 8.75. The Morgan fingerprint density at radius 3 is 2.39 bits per heavy atom. The van der Waals surface area contributed by atoms with Gasteiger partial charge in [-0.05, 0) is 42.2 Å². The van der Waals surface area contributed by atoms with E-state index < -0.39 is 0 Å². The lowest BCUT2D eigenvalue weighted by atomic mass is 10.0. The van der Waals surface area contributed by atoms with Gasteiger partial charge in [0.25, 0.3) is 5.91 Å². The predicted octanol–water partition coefficient (Wildman–Crippen LogP) is 4.92. The minimum atomic E-state index is -0.128. The minimum absolute atomic E-state index is 0.128. The number of benzene rings is 2. The van der Waals surface area contributed by atoms with Crippen molar-refractivity contribution in [2.24, 2.45) is 12.0 Å². The summed E-state index contributed by atoms with van der Waals surface area (Å²) in [6.45, 7) is 6.36. The molecule has 3 aromatic rings. The zero-order valence-corrected chi connectivity index (χ0v) is 18.9. The number of carbonyl (C=O) groups excluding carboxylic acids is 1. The fraction of sp³-hybridized carbons (Fsp3) is 0.250. The van der Waals surface area contributed by atoms with E-state index in [0.717, 1.165) is 22.6 Å². The van der Waals surface area contributed by atoms with E-state index in [2.05, 4.69) is 36.1 Å². The van der Waals surface area contributed by atoms with Crippen LogP contribution in [-0.2, 0) is 17.6 Å². The minimum Gasteiger partial charge on any atom is -0.266 e. The molecule has 0 radical (unpaired) electrons. The molecular formula is C24H25N5OS. The first-order valence-corrected chi connectivity index (χ1v) is 11.2. The topological polar surface area (TPSA) is 63.4 Å². The molecule has 31 heavy (non-hydrogen) atoms. The highest BCUT2D eigenvalue weighted by Crippen LogP contribution is 2.31. The number of aromatic nitrogens is 3. The lowest BCUT2D eigenvalue weighted by Gasteiger charge is -2.17. The van der Waals surface area contributed by atoms with Crippen LogP contribution in [0.25, 0.3) is 6.08 Å². The zero-order valence-electron chi connectivity index (χ0n) is 18.1. The van der Waals surface area contributed by atoms with E-state index in [1.807, 2.05) is 56.4 Å². The molecule has 1 aromatic heterocycles. The van der Waals surface area contributed by atoms with Crippen molar-refractivity contribution in [2.45, 2.75) is 32.4 Å². The smallest absolute Gasteiger partial charge is 0.266 e. The molecule has 2 aromatic carbocycles. The normalized spacial score (nSPS) is 15.3. The van der Waals surface area contributed by atoms with Gasteiger partial charge >= 0.3 is 0 Å². The third-order valence-corrected chi connectivity index (χ3v) is 6.10. The molecule has 4 rings (SSSR count). The molecule has 2 heterocycles. The van der Waals surface area contributed by atoms with E-state index in [1.165, 1.54) is 23.7 Å². The average Bonchev–Trinajstić information content (AvgIpc) is 3.30. The quantitative estimate of drug-likeness (QED) is 0.538. The summed E-state index contributed by atoms with van der Waals surface area (Å²) in [7, 11) is 1.86. The lowest BCUT2D eigenvalue weighted by molar-refractivity contribution is -0.113. The van der Waals surface area contributed by atoms with Crippen LogP contribution in [0.15, 0.2) is 65.5 Å². The summed E-state index contributed by atoms with van der Waals surface area (Å²) in [6, 6.07) is 16.2. The van der Waals surface area contributed by atoms with Gasteiger partial charge in [0.05, 0.1) is 11.4 Å². The van der Waals surface area contributed by atoms with E-state index in [9.17, 15) is 4.79 Å². The second kappa shape index (κ2) is 8.89. The zero-order chi connectivity index (χ0) is 22.0. The number of anilines is 1. The summed E-state index contributed by atoms with van der Waals surface area (Å²) in [4.78, 5) is 23.9. The Hall–Kier alpha value is -3.19. The van der Waals surface area contributed by atoms with Crippen LogP contribution in [0.4, 0.5) is 5.69 Å². The molecule has 0 atom stereocenters. The Morgan fingerprint density at radius 2 is 1.77 bits per heavy atom. The molecule has 0 fully saturated rings. The van der Waals surface area contributed by atoms with Gasteiger partial charge in [-0.3, -0.25) is 14.4 Å². The first-order valence-electron chi connectivity index (χ1n) is 10.2. The van der Waals surface area contributed by atoms with Gasteiger partial charge in [0, 0.05) is 7.05 Å².